The summed E-state index contributed by atoms with van der Waals surface area (Å²) in [5, 5.41) is 3.75. The lowest BCUT2D eigenvalue weighted by Gasteiger charge is -2.22. The summed E-state index contributed by atoms with van der Waals surface area (Å²) in [5.74, 6) is 0.131. The molecule has 1 fully saturated rings. The third kappa shape index (κ3) is 4.49. The Labute approximate surface area is 188 Å². The van der Waals surface area contributed by atoms with Gasteiger partial charge in [0.25, 0.3) is 0 Å². The standard InChI is InChI=1S/C23H29N3O5S/c1-16-23(17(2)31-24-16)32(29,30)26-12-4-11-25(13-14-26)22(28)10-9-21(27)20-8-7-18-5-3-6-19(18)15-20/h7-8,15H,3-6,9-14H2,1-2H3. The average molecular weight is 460 g/mol. The first-order chi connectivity index (χ1) is 15.3. The largest absolute Gasteiger partial charge is 0.360 e. The molecule has 1 aromatic carbocycles. The van der Waals surface area contributed by atoms with Crippen LogP contribution in [0.4, 0.5) is 0 Å². The first-order valence-corrected chi connectivity index (χ1v) is 12.6. The maximum Gasteiger partial charge on any atom is 0.248 e. The van der Waals surface area contributed by atoms with Crippen molar-refractivity contribution < 1.29 is 22.5 Å². The van der Waals surface area contributed by atoms with Gasteiger partial charge in [0.15, 0.2) is 11.5 Å². The monoisotopic (exact) mass is 459 g/mol. The van der Waals surface area contributed by atoms with Crippen molar-refractivity contribution in [2.45, 2.75) is 57.3 Å². The van der Waals surface area contributed by atoms with Gasteiger partial charge in [-0.1, -0.05) is 17.3 Å². The molecule has 2 aliphatic rings. The van der Waals surface area contributed by atoms with E-state index in [2.05, 4.69) is 5.16 Å². The van der Waals surface area contributed by atoms with Crippen LogP contribution in [-0.4, -0.2) is 60.6 Å². The third-order valence-electron chi connectivity index (χ3n) is 6.36. The molecule has 172 valence electrons. The van der Waals surface area contributed by atoms with Gasteiger partial charge in [0.05, 0.1) is 0 Å². The molecule has 0 N–H and O–H groups in total. The smallest absolute Gasteiger partial charge is 0.248 e. The van der Waals surface area contributed by atoms with Crippen molar-refractivity contribution in [2.75, 3.05) is 26.2 Å². The summed E-state index contributed by atoms with van der Waals surface area (Å²) < 4.78 is 32.5. The zero-order valence-electron chi connectivity index (χ0n) is 18.6. The van der Waals surface area contributed by atoms with Crippen LogP contribution >= 0.6 is 0 Å². The maximum atomic E-state index is 13.0. The molecule has 9 heteroatoms. The Kier molecular flexibility index (Phi) is 6.48. The van der Waals surface area contributed by atoms with Crippen LogP contribution in [0.3, 0.4) is 0 Å². The molecule has 0 radical (unpaired) electrons. The lowest BCUT2D eigenvalue weighted by Crippen LogP contribution is -2.37. The molecule has 1 aromatic heterocycles. The van der Waals surface area contributed by atoms with Crippen LogP contribution in [0.2, 0.25) is 0 Å². The Morgan fingerprint density at radius 3 is 2.53 bits per heavy atom. The minimum atomic E-state index is -3.73. The number of nitrogens with zero attached hydrogens (tertiary/aromatic N) is 3. The average Bonchev–Trinajstić information content (AvgIpc) is 3.27. The summed E-state index contributed by atoms with van der Waals surface area (Å²) in [7, 11) is -3.73. The molecular formula is C23H29N3O5S. The van der Waals surface area contributed by atoms with Gasteiger partial charge >= 0.3 is 0 Å². The van der Waals surface area contributed by atoms with Crippen LogP contribution in [0.15, 0.2) is 27.6 Å². The quantitative estimate of drug-likeness (QED) is 0.616. The van der Waals surface area contributed by atoms with Gasteiger partial charge < -0.3 is 9.42 Å². The molecule has 2 heterocycles. The maximum absolute atomic E-state index is 13.0. The second kappa shape index (κ2) is 9.15. The van der Waals surface area contributed by atoms with Crippen LogP contribution in [0.1, 0.15) is 58.6 Å². The van der Waals surface area contributed by atoms with E-state index in [1.807, 2.05) is 18.2 Å². The normalized spacial score (nSPS) is 17.2. The van der Waals surface area contributed by atoms with Gasteiger partial charge in [-0.25, -0.2) is 8.42 Å². The van der Waals surface area contributed by atoms with Crippen molar-refractivity contribution in [3.63, 3.8) is 0 Å². The highest BCUT2D eigenvalue weighted by atomic mass is 32.2. The van der Waals surface area contributed by atoms with Crippen molar-refractivity contribution >= 4 is 21.7 Å². The Morgan fingerprint density at radius 2 is 1.78 bits per heavy atom. The summed E-state index contributed by atoms with van der Waals surface area (Å²) >= 11 is 0. The molecule has 0 bridgehead atoms. The summed E-state index contributed by atoms with van der Waals surface area (Å²) in [4.78, 5) is 27.1. The second-order valence-corrected chi connectivity index (χ2v) is 10.4. The van der Waals surface area contributed by atoms with Crippen molar-refractivity contribution in [3.05, 3.63) is 46.3 Å². The molecule has 32 heavy (non-hydrogen) atoms. The SMILES string of the molecule is Cc1noc(C)c1S(=O)(=O)N1CCCN(C(=O)CCC(=O)c2ccc3c(c2)CCC3)CC1. The van der Waals surface area contributed by atoms with Gasteiger partial charge in [-0.05, 0) is 56.7 Å². The number of amides is 1. The van der Waals surface area contributed by atoms with Gasteiger partial charge in [0.2, 0.25) is 15.9 Å². The minimum Gasteiger partial charge on any atom is -0.360 e. The van der Waals surface area contributed by atoms with Crippen molar-refractivity contribution in [1.29, 1.82) is 0 Å². The van der Waals surface area contributed by atoms with E-state index in [4.69, 9.17) is 4.52 Å². The minimum absolute atomic E-state index is 0.0227. The van der Waals surface area contributed by atoms with E-state index in [0.717, 1.165) is 19.3 Å². The zero-order chi connectivity index (χ0) is 22.9. The van der Waals surface area contributed by atoms with Crippen molar-refractivity contribution in [2.24, 2.45) is 0 Å². The molecule has 2 aromatic rings. The topological polar surface area (TPSA) is 101 Å². The number of Topliss-reactive ketones (excluding diaryl/α,β-unsaturated/α-hetero) is 1. The Bertz CT molecular complexity index is 1120. The molecular weight excluding hydrogens is 430 g/mol. The molecule has 0 unspecified atom stereocenters. The molecule has 1 amide bonds. The molecule has 0 atom stereocenters. The van der Waals surface area contributed by atoms with Gasteiger partial charge in [-0.15, -0.1) is 0 Å². The van der Waals surface area contributed by atoms with Crippen LogP contribution in [0, 0.1) is 13.8 Å². The van der Waals surface area contributed by atoms with E-state index in [0.29, 0.717) is 37.3 Å². The number of sulfonamides is 1. The fourth-order valence-electron chi connectivity index (χ4n) is 4.62. The number of fused-ring (bicyclic) bond motifs is 1. The highest BCUT2D eigenvalue weighted by Crippen LogP contribution is 2.25. The fraction of sp³-hybridized carbons (Fsp3) is 0.522. The molecule has 8 nitrogen and oxygen atoms in total. The Hall–Kier alpha value is -2.52. The number of ketones is 1. The van der Waals surface area contributed by atoms with E-state index in [1.165, 1.54) is 15.4 Å². The number of benzene rings is 1. The van der Waals surface area contributed by atoms with Gasteiger partial charge in [0.1, 0.15) is 10.6 Å². The number of carbonyl (C=O) groups is 2. The van der Waals surface area contributed by atoms with Crippen LogP contribution in [0.5, 0.6) is 0 Å². The number of carbonyl (C=O) groups excluding carboxylic acids is 2. The predicted molar refractivity (Wildman–Crippen MR) is 118 cm³/mol. The lowest BCUT2D eigenvalue weighted by atomic mass is 10.0. The third-order valence-corrected chi connectivity index (χ3v) is 8.50. The molecule has 4 rings (SSSR count). The molecule has 1 saturated heterocycles. The summed E-state index contributed by atoms with van der Waals surface area (Å²) in [6.45, 7) is 4.49. The second-order valence-electron chi connectivity index (χ2n) is 8.55. The highest BCUT2D eigenvalue weighted by molar-refractivity contribution is 7.89. The number of aryl methyl sites for hydroxylation is 4. The number of hydrogen-bond donors (Lipinski definition) is 0. The van der Waals surface area contributed by atoms with Crippen LogP contribution in [-0.2, 0) is 27.7 Å². The summed E-state index contributed by atoms with van der Waals surface area (Å²) in [6.07, 6.45) is 4.04. The lowest BCUT2D eigenvalue weighted by molar-refractivity contribution is -0.131. The zero-order valence-corrected chi connectivity index (χ0v) is 19.4. The van der Waals surface area contributed by atoms with Gasteiger partial charge in [0, 0.05) is 44.6 Å². The summed E-state index contributed by atoms with van der Waals surface area (Å²) in [6, 6.07) is 5.86. The summed E-state index contributed by atoms with van der Waals surface area (Å²) in [5.41, 5.74) is 3.57. The fourth-order valence-corrected chi connectivity index (χ4v) is 6.38. The van der Waals surface area contributed by atoms with E-state index < -0.39 is 10.0 Å². The Balaban J connectivity index is 1.34. The van der Waals surface area contributed by atoms with Gasteiger partial charge in [-0.3, -0.25) is 9.59 Å². The first-order valence-electron chi connectivity index (χ1n) is 11.1. The molecule has 0 saturated carbocycles. The Morgan fingerprint density at radius 1 is 1.00 bits per heavy atom. The molecule has 1 aliphatic carbocycles. The number of aromatic nitrogens is 1. The van der Waals surface area contributed by atoms with Crippen molar-refractivity contribution in [1.82, 2.24) is 14.4 Å². The van der Waals surface area contributed by atoms with Crippen LogP contribution in [0.25, 0.3) is 0 Å². The number of hydrogen-bond acceptors (Lipinski definition) is 6. The molecule has 1 aliphatic heterocycles. The van der Waals surface area contributed by atoms with E-state index >= 15 is 0 Å². The van der Waals surface area contributed by atoms with Crippen LogP contribution < -0.4 is 0 Å². The van der Waals surface area contributed by atoms with E-state index in [9.17, 15) is 18.0 Å². The van der Waals surface area contributed by atoms with Gasteiger partial charge in [-0.2, -0.15) is 4.31 Å². The number of rotatable bonds is 6. The first kappa shape index (κ1) is 22.7. The predicted octanol–water partition coefficient (Wildman–Crippen LogP) is 2.67. The molecule has 0 spiro atoms. The van der Waals surface area contributed by atoms with Crippen molar-refractivity contribution in [3.8, 4) is 0 Å². The van der Waals surface area contributed by atoms with E-state index in [-0.39, 0.29) is 41.7 Å². The van der Waals surface area contributed by atoms with E-state index in [1.54, 1.807) is 18.7 Å². The highest BCUT2D eigenvalue weighted by Gasteiger charge is 2.33.